The summed E-state index contributed by atoms with van der Waals surface area (Å²) in [7, 11) is 0. The fourth-order valence-corrected chi connectivity index (χ4v) is 3.75. The van der Waals surface area contributed by atoms with E-state index in [1.807, 2.05) is 78.9 Å². The quantitative estimate of drug-likeness (QED) is 0.361. The minimum atomic E-state index is -0.364. The van der Waals surface area contributed by atoms with Crippen molar-refractivity contribution in [3.63, 3.8) is 0 Å². The van der Waals surface area contributed by atoms with Gasteiger partial charge in [0.05, 0.1) is 22.5 Å². The SMILES string of the molecule is Cc1c(C#N)c(-c2ccccc2)nc(/C=C(\O)c2ccccc2)c1C(=O)NCc1ccccc1. The van der Waals surface area contributed by atoms with Crippen LogP contribution in [-0.4, -0.2) is 16.0 Å². The lowest BCUT2D eigenvalue weighted by Crippen LogP contribution is -2.25. The molecule has 0 spiro atoms. The summed E-state index contributed by atoms with van der Waals surface area (Å²) < 4.78 is 0. The Morgan fingerprint density at radius 1 is 0.971 bits per heavy atom. The van der Waals surface area contributed by atoms with Crippen LogP contribution in [0.5, 0.6) is 0 Å². The van der Waals surface area contributed by atoms with Gasteiger partial charge in [0.1, 0.15) is 11.8 Å². The van der Waals surface area contributed by atoms with Gasteiger partial charge in [-0.1, -0.05) is 91.0 Å². The molecule has 5 nitrogen and oxygen atoms in total. The molecule has 0 aliphatic rings. The third-order valence-corrected chi connectivity index (χ3v) is 5.50. The zero-order valence-corrected chi connectivity index (χ0v) is 18.7. The van der Waals surface area contributed by atoms with Gasteiger partial charge >= 0.3 is 0 Å². The van der Waals surface area contributed by atoms with Crippen LogP contribution in [0.15, 0.2) is 91.0 Å². The molecule has 4 aromatic rings. The van der Waals surface area contributed by atoms with Crippen LogP contribution in [0, 0.1) is 18.3 Å². The molecule has 5 heteroatoms. The Kier molecular flexibility index (Phi) is 6.81. The Morgan fingerprint density at radius 3 is 2.18 bits per heavy atom. The molecule has 0 bridgehead atoms. The van der Waals surface area contributed by atoms with Crippen LogP contribution in [0.2, 0.25) is 0 Å². The maximum Gasteiger partial charge on any atom is 0.254 e. The fraction of sp³-hybridized carbons (Fsp3) is 0.0690. The number of amides is 1. The second kappa shape index (κ2) is 10.3. The van der Waals surface area contributed by atoms with Crippen molar-refractivity contribution in [2.24, 2.45) is 0 Å². The highest BCUT2D eigenvalue weighted by atomic mass is 16.3. The highest BCUT2D eigenvalue weighted by molar-refractivity contribution is 6.01. The van der Waals surface area contributed by atoms with Crippen molar-refractivity contribution in [1.82, 2.24) is 10.3 Å². The maximum atomic E-state index is 13.3. The summed E-state index contributed by atoms with van der Waals surface area (Å²) in [5, 5.41) is 23.7. The molecule has 166 valence electrons. The van der Waals surface area contributed by atoms with Crippen molar-refractivity contribution in [3.8, 4) is 17.3 Å². The number of nitrogens with zero attached hydrogens (tertiary/aromatic N) is 2. The first-order valence-corrected chi connectivity index (χ1v) is 10.9. The highest BCUT2D eigenvalue weighted by Gasteiger charge is 2.22. The summed E-state index contributed by atoms with van der Waals surface area (Å²) >= 11 is 0. The van der Waals surface area contributed by atoms with E-state index in [2.05, 4.69) is 11.4 Å². The van der Waals surface area contributed by atoms with Gasteiger partial charge in [-0.25, -0.2) is 4.98 Å². The Bertz CT molecular complexity index is 1370. The first kappa shape index (κ1) is 22.5. The van der Waals surface area contributed by atoms with Gasteiger partial charge in [0.2, 0.25) is 0 Å². The largest absolute Gasteiger partial charge is 0.507 e. The first-order chi connectivity index (χ1) is 16.6. The number of aliphatic hydroxyl groups is 1. The van der Waals surface area contributed by atoms with E-state index in [0.29, 0.717) is 34.6 Å². The van der Waals surface area contributed by atoms with Gasteiger partial charge in [-0.3, -0.25) is 4.79 Å². The van der Waals surface area contributed by atoms with E-state index in [4.69, 9.17) is 4.98 Å². The number of carbonyl (C=O) groups excluding carboxylic acids is 1. The van der Waals surface area contributed by atoms with Crippen LogP contribution in [0.4, 0.5) is 0 Å². The Morgan fingerprint density at radius 2 is 1.56 bits per heavy atom. The molecule has 0 atom stereocenters. The molecule has 0 saturated heterocycles. The molecule has 0 radical (unpaired) electrons. The lowest BCUT2D eigenvalue weighted by molar-refractivity contribution is 0.0949. The summed E-state index contributed by atoms with van der Waals surface area (Å²) in [5.74, 6) is -0.384. The standard InChI is InChI=1S/C29H23N3O2/c1-20-24(18-30)28(23-15-9-4-10-16-23)32-25(17-26(33)22-13-7-3-8-14-22)27(20)29(34)31-19-21-11-5-2-6-12-21/h2-17,33H,19H2,1H3,(H,31,34)/b26-17-. The van der Waals surface area contributed by atoms with E-state index in [0.717, 1.165) is 11.1 Å². The lowest BCUT2D eigenvalue weighted by atomic mass is 9.95. The Balaban J connectivity index is 1.84. The van der Waals surface area contributed by atoms with Crippen molar-refractivity contribution in [1.29, 1.82) is 5.26 Å². The smallest absolute Gasteiger partial charge is 0.254 e. The van der Waals surface area contributed by atoms with E-state index in [1.54, 1.807) is 19.1 Å². The Hall–Kier alpha value is -4.69. The van der Waals surface area contributed by atoms with Crippen LogP contribution in [-0.2, 0) is 6.54 Å². The maximum absolute atomic E-state index is 13.3. The van der Waals surface area contributed by atoms with Gasteiger partial charge in [0.15, 0.2) is 0 Å². The molecule has 0 fully saturated rings. The molecule has 34 heavy (non-hydrogen) atoms. The number of nitriles is 1. The molecule has 1 aromatic heterocycles. The van der Waals surface area contributed by atoms with E-state index in [-0.39, 0.29) is 17.2 Å². The van der Waals surface area contributed by atoms with E-state index in [1.165, 1.54) is 6.08 Å². The van der Waals surface area contributed by atoms with Crippen molar-refractivity contribution in [2.45, 2.75) is 13.5 Å². The number of pyridine rings is 1. The number of carbonyl (C=O) groups is 1. The van der Waals surface area contributed by atoms with Crippen LogP contribution in [0.1, 0.15) is 38.3 Å². The number of hydrogen-bond acceptors (Lipinski definition) is 4. The molecule has 0 aliphatic heterocycles. The highest BCUT2D eigenvalue weighted by Crippen LogP contribution is 2.29. The molecule has 2 N–H and O–H groups in total. The zero-order valence-electron chi connectivity index (χ0n) is 18.7. The number of hydrogen-bond donors (Lipinski definition) is 2. The first-order valence-electron chi connectivity index (χ1n) is 10.9. The number of benzene rings is 3. The van der Waals surface area contributed by atoms with Crippen LogP contribution < -0.4 is 5.32 Å². The van der Waals surface area contributed by atoms with Crippen molar-refractivity contribution < 1.29 is 9.90 Å². The summed E-state index contributed by atoms with van der Waals surface area (Å²) in [6.45, 7) is 2.07. The topological polar surface area (TPSA) is 86.0 Å². The average Bonchev–Trinajstić information content (AvgIpc) is 2.88. The van der Waals surface area contributed by atoms with E-state index < -0.39 is 0 Å². The van der Waals surface area contributed by atoms with E-state index >= 15 is 0 Å². The normalized spacial score (nSPS) is 11.0. The fourth-order valence-electron chi connectivity index (χ4n) is 3.75. The lowest BCUT2D eigenvalue weighted by Gasteiger charge is -2.15. The van der Waals surface area contributed by atoms with Gasteiger partial charge < -0.3 is 10.4 Å². The van der Waals surface area contributed by atoms with Crippen molar-refractivity contribution >= 4 is 17.7 Å². The molecule has 0 saturated carbocycles. The third kappa shape index (κ3) is 4.87. The molecule has 3 aromatic carbocycles. The summed E-state index contributed by atoms with van der Waals surface area (Å²) in [6, 6.07) is 30.2. The molecule has 0 unspecified atom stereocenters. The molecule has 1 amide bonds. The predicted octanol–water partition coefficient (Wildman–Crippen LogP) is 5.91. The van der Waals surface area contributed by atoms with E-state index in [9.17, 15) is 15.2 Å². The summed E-state index contributed by atoms with van der Waals surface area (Å²) in [6.07, 6.45) is 1.48. The molecular weight excluding hydrogens is 422 g/mol. The van der Waals surface area contributed by atoms with Gasteiger partial charge in [0.25, 0.3) is 5.91 Å². The molecule has 0 aliphatic carbocycles. The Labute approximate surface area is 198 Å². The summed E-state index contributed by atoms with van der Waals surface area (Å²) in [5.41, 5.74) is 4.16. The average molecular weight is 446 g/mol. The number of nitrogens with one attached hydrogen (secondary N) is 1. The van der Waals surface area contributed by atoms with Crippen LogP contribution >= 0.6 is 0 Å². The number of aliphatic hydroxyl groups excluding tert-OH is 1. The third-order valence-electron chi connectivity index (χ3n) is 5.50. The number of aromatic nitrogens is 1. The molecule has 4 rings (SSSR count). The molecule has 1 heterocycles. The van der Waals surface area contributed by atoms with Gasteiger partial charge in [-0.05, 0) is 18.1 Å². The monoisotopic (exact) mass is 445 g/mol. The second-order valence-electron chi connectivity index (χ2n) is 7.76. The minimum absolute atomic E-state index is 0.0201. The minimum Gasteiger partial charge on any atom is -0.507 e. The van der Waals surface area contributed by atoms with Gasteiger partial charge in [-0.2, -0.15) is 5.26 Å². The van der Waals surface area contributed by atoms with Gasteiger partial charge in [-0.15, -0.1) is 0 Å². The second-order valence-corrected chi connectivity index (χ2v) is 7.76. The zero-order chi connectivity index (χ0) is 23.9. The van der Waals surface area contributed by atoms with Crippen molar-refractivity contribution in [2.75, 3.05) is 0 Å². The predicted molar refractivity (Wildman–Crippen MR) is 134 cm³/mol. The summed E-state index contributed by atoms with van der Waals surface area (Å²) in [4.78, 5) is 18.0. The van der Waals surface area contributed by atoms with Gasteiger partial charge in [0, 0.05) is 23.7 Å². The van der Waals surface area contributed by atoms with Crippen LogP contribution in [0.25, 0.3) is 23.1 Å². The molecular formula is C29H23N3O2. The van der Waals surface area contributed by atoms with Crippen LogP contribution in [0.3, 0.4) is 0 Å². The number of rotatable bonds is 6. The van der Waals surface area contributed by atoms with Crippen molar-refractivity contribution in [3.05, 3.63) is 125 Å².